The van der Waals surface area contributed by atoms with Gasteiger partial charge in [0.2, 0.25) is 5.91 Å². The van der Waals surface area contributed by atoms with Crippen molar-refractivity contribution in [3.05, 3.63) is 12.2 Å². The Morgan fingerprint density at radius 1 is 0.510 bits per heavy atom. The average molecular weight is 720 g/mol. The van der Waals surface area contributed by atoms with Crippen molar-refractivity contribution >= 4 is 17.8 Å². The minimum Gasteiger partial charge on any atom is -0.480 e. The topological polar surface area (TPSA) is 92.7 Å². The second kappa shape index (κ2) is 40.9. The van der Waals surface area contributed by atoms with Gasteiger partial charge in [0, 0.05) is 12.8 Å². The number of rotatable bonds is 41. The van der Waals surface area contributed by atoms with Gasteiger partial charge in [-0.3, -0.25) is 14.4 Å². The number of allylic oxidation sites excluding steroid dienone is 1. The molecule has 0 heterocycles. The molecule has 0 saturated heterocycles. The fourth-order valence-corrected chi connectivity index (χ4v) is 6.84. The zero-order valence-corrected chi connectivity index (χ0v) is 34.0. The van der Waals surface area contributed by atoms with E-state index in [4.69, 9.17) is 9.84 Å². The minimum absolute atomic E-state index is 0.0483. The van der Waals surface area contributed by atoms with Crippen LogP contribution >= 0.6 is 0 Å². The lowest BCUT2D eigenvalue weighted by Crippen LogP contribution is -2.28. The maximum atomic E-state index is 12.7. The van der Waals surface area contributed by atoms with E-state index in [-0.39, 0.29) is 24.5 Å². The molecule has 0 aromatic rings. The third-order valence-electron chi connectivity index (χ3n) is 10.2. The molecule has 0 spiro atoms. The van der Waals surface area contributed by atoms with Gasteiger partial charge in [0.15, 0.2) is 0 Å². The Kier molecular flexibility index (Phi) is 39.4. The largest absolute Gasteiger partial charge is 0.480 e. The monoisotopic (exact) mass is 720 g/mol. The van der Waals surface area contributed by atoms with E-state index in [2.05, 4.69) is 31.3 Å². The molecule has 0 bridgehead atoms. The standard InChI is InChI=1S/C45H85NO5/c1-3-5-7-9-11-13-14-15-16-17-18-19-20-21-22-23-24-26-32-36-40-45(50)51-42(37-33-29-25-12-10-8-6-4-2)38-34-30-27-28-31-35-39-43(47)46-41-44(48)49/h33,37,42H,3-32,34-36,38-41H2,1-2H3,(H,46,47)(H,48,49)/b37-33-. The van der Waals surface area contributed by atoms with E-state index < -0.39 is 5.97 Å². The predicted octanol–water partition coefficient (Wildman–Crippen LogP) is 13.7. The molecular weight excluding hydrogens is 634 g/mol. The first-order valence-corrected chi connectivity index (χ1v) is 22.3. The van der Waals surface area contributed by atoms with E-state index >= 15 is 0 Å². The van der Waals surface area contributed by atoms with Gasteiger partial charge in [-0.15, -0.1) is 0 Å². The zero-order chi connectivity index (χ0) is 37.3. The summed E-state index contributed by atoms with van der Waals surface area (Å²) in [6.45, 7) is 4.23. The number of carbonyl (C=O) groups excluding carboxylic acids is 2. The molecule has 6 nitrogen and oxygen atoms in total. The van der Waals surface area contributed by atoms with E-state index in [0.29, 0.717) is 12.8 Å². The van der Waals surface area contributed by atoms with Crippen LogP contribution in [0.3, 0.4) is 0 Å². The Morgan fingerprint density at radius 2 is 0.882 bits per heavy atom. The highest BCUT2D eigenvalue weighted by atomic mass is 16.5. The molecule has 0 rings (SSSR count). The summed E-state index contributed by atoms with van der Waals surface area (Å²) in [6.07, 6.45) is 48.0. The van der Waals surface area contributed by atoms with Crippen molar-refractivity contribution in [3.63, 3.8) is 0 Å². The molecule has 0 saturated carbocycles. The molecule has 51 heavy (non-hydrogen) atoms. The maximum absolute atomic E-state index is 12.7. The second-order valence-electron chi connectivity index (χ2n) is 15.3. The quantitative estimate of drug-likeness (QED) is 0.0373. The number of nitrogens with one attached hydrogen (secondary N) is 1. The van der Waals surface area contributed by atoms with Gasteiger partial charge in [-0.1, -0.05) is 200 Å². The molecule has 0 fully saturated rings. The van der Waals surface area contributed by atoms with Crippen molar-refractivity contribution < 1.29 is 24.2 Å². The van der Waals surface area contributed by atoms with E-state index in [9.17, 15) is 14.4 Å². The molecule has 2 N–H and O–H groups in total. The molecule has 300 valence electrons. The normalized spacial score (nSPS) is 12.0. The number of hydrogen-bond acceptors (Lipinski definition) is 4. The summed E-state index contributed by atoms with van der Waals surface area (Å²) in [5, 5.41) is 11.1. The smallest absolute Gasteiger partial charge is 0.322 e. The third-order valence-corrected chi connectivity index (χ3v) is 10.2. The maximum Gasteiger partial charge on any atom is 0.322 e. The molecule has 0 aliphatic carbocycles. The van der Waals surface area contributed by atoms with Gasteiger partial charge in [0.1, 0.15) is 12.6 Å². The first-order valence-electron chi connectivity index (χ1n) is 22.3. The van der Waals surface area contributed by atoms with Crippen LogP contribution in [0.5, 0.6) is 0 Å². The Balaban J connectivity index is 3.97. The van der Waals surface area contributed by atoms with Gasteiger partial charge in [0.05, 0.1) is 0 Å². The van der Waals surface area contributed by atoms with Crippen LogP contribution in [0.2, 0.25) is 0 Å². The molecule has 0 radical (unpaired) electrons. The number of hydrogen-bond donors (Lipinski definition) is 2. The Bertz CT molecular complexity index is 797. The van der Waals surface area contributed by atoms with Gasteiger partial charge in [-0.25, -0.2) is 0 Å². The van der Waals surface area contributed by atoms with Crippen LogP contribution in [0.4, 0.5) is 0 Å². The van der Waals surface area contributed by atoms with Crippen LogP contribution in [0, 0.1) is 0 Å². The summed E-state index contributed by atoms with van der Waals surface area (Å²) < 4.78 is 5.95. The molecule has 1 atom stereocenters. The third kappa shape index (κ3) is 40.8. The Hall–Kier alpha value is -1.85. The molecule has 0 aromatic carbocycles. The lowest BCUT2D eigenvalue weighted by Gasteiger charge is -2.15. The van der Waals surface area contributed by atoms with Crippen molar-refractivity contribution in [3.8, 4) is 0 Å². The first kappa shape index (κ1) is 49.1. The fraction of sp³-hybridized carbons (Fsp3) is 0.889. The van der Waals surface area contributed by atoms with Crippen molar-refractivity contribution in [2.45, 2.75) is 251 Å². The molecule has 0 aromatic heterocycles. The van der Waals surface area contributed by atoms with E-state index in [1.54, 1.807) is 0 Å². The highest BCUT2D eigenvalue weighted by molar-refractivity contribution is 5.80. The molecule has 0 aliphatic rings. The van der Waals surface area contributed by atoms with Gasteiger partial charge in [-0.05, 0) is 44.6 Å². The Morgan fingerprint density at radius 3 is 1.31 bits per heavy atom. The van der Waals surface area contributed by atoms with Gasteiger partial charge < -0.3 is 15.2 Å². The minimum atomic E-state index is -1.01. The number of unbranched alkanes of at least 4 members (excludes halogenated alkanes) is 30. The fourth-order valence-electron chi connectivity index (χ4n) is 6.84. The Labute approximate surface area is 316 Å². The number of ether oxygens (including phenoxy) is 1. The average Bonchev–Trinajstić information content (AvgIpc) is 3.11. The summed E-state index contributed by atoms with van der Waals surface area (Å²) in [7, 11) is 0. The van der Waals surface area contributed by atoms with Crippen molar-refractivity contribution in [2.75, 3.05) is 6.54 Å². The lowest BCUT2D eigenvalue weighted by molar-refractivity contribution is -0.147. The van der Waals surface area contributed by atoms with Crippen molar-refractivity contribution in [1.82, 2.24) is 5.32 Å². The van der Waals surface area contributed by atoms with Crippen LogP contribution in [0.1, 0.15) is 245 Å². The van der Waals surface area contributed by atoms with Crippen molar-refractivity contribution in [2.24, 2.45) is 0 Å². The van der Waals surface area contributed by atoms with Crippen LogP contribution in [0.25, 0.3) is 0 Å². The summed E-state index contributed by atoms with van der Waals surface area (Å²) in [5.74, 6) is -1.25. The number of carbonyl (C=O) groups is 3. The SMILES string of the molecule is CCCCCCCC/C=C\C(CCCCCCCCC(=O)NCC(=O)O)OC(=O)CCCCCCCCCCCCCCCCCCCCCC. The molecule has 1 unspecified atom stereocenters. The van der Waals surface area contributed by atoms with E-state index in [0.717, 1.165) is 64.2 Å². The highest BCUT2D eigenvalue weighted by Gasteiger charge is 2.12. The van der Waals surface area contributed by atoms with Crippen LogP contribution in [-0.4, -0.2) is 35.6 Å². The summed E-state index contributed by atoms with van der Waals surface area (Å²) >= 11 is 0. The van der Waals surface area contributed by atoms with E-state index in [1.807, 2.05) is 0 Å². The van der Waals surface area contributed by atoms with Gasteiger partial charge in [-0.2, -0.15) is 0 Å². The van der Waals surface area contributed by atoms with E-state index in [1.165, 1.54) is 154 Å². The lowest BCUT2D eigenvalue weighted by atomic mass is 10.0. The van der Waals surface area contributed by atoms with Crippen molar-refractivity contribution in [1.29, 1.82) is 0 Å². The van der Waals surface area contributed by atoms with Crippen LogP contribution in [0.15, 0.2) is 12.2 Å². The van der Waals surface area contributed by atoms with Crippen LogP contribution < -0.4 is 5.32 Å². The number of carboxylic acids is 1. The first-order chi connectivity index (χ1) is 25.0. The number of carboxylic acid groups (broad SMARTS) is 1. The zero-order valence-electron chi connectivity index (χ0n) is 34.0. The second-order valence-corrected chi connectivity index (χ2v) is 15.3. The van der Waals surface area contributed by atoms with Crippen LogP contribution in [-0.2, 0) is 19.1 Å². The summed E-state index contributed by atoms with van der Waals surface area (Å²) in [4.78, 5) is 34.9. The van der Waals surface area contributed by atoms with Gasteiger partial charge in [0.25, 0.3) is 0 Å². The molecule has 6 heteroatoms. The molecular formula is C45H85NO5. The highest BCUT2D eigenvalue weighted by Crippen LogP contribution is 2.17. The summed E-state index contributed by atoms with van der Waals surface area (Å²) in [6, 6.07) is 0. The molecule has 1 amide bonds. The summed E-state index contributed by atoms with van der Waals surface area (Å²) in [5.41, 5.74) is 0. The molecule has 0 aliphatic heterocycles. The number of esters is 1. The number of aliphatic carboxylic acids is 1. The predicted molar refractivity (Wildman–Crippen MR) is 217 cm³/mol. The van der Waals surface area contributed by atoms with Gasteiger partial charge >= 0.3 is 11.9 Å². The number of amides is 1.